The van der Waals surface area contributed by atoms with E-state index in [1.807, 2.05) is 99.0 Å². The summed E-state index contributed by atoms with van der Waals surface area (Å²) in [6, 6.07) is 13.6. The fourth-order valence-electron chi connectivity index (χ4n) is 4.64. The summed E-state index contributed by atoms with van der Waals surface area (Å²) in [6.45, 7) is 19.3. The molecule has 15 nitrogen and oxygen atoms in total. The number of ketones is 1. The van der Waals surface area contributed by atoms with Gasteiger partial charge in [-0.3, -0.25) is 33.9 Å². The van der Waals surface area contributed by atoms with Crippen molar-refractivity contribution in [3.05, 3.63) is 65.1 Å². The molecule has 1 aliphatic heterocycles. The number of pyridine rings is 1. The first kappa shape index (κ1) is 67.4. The summed E-state index contributed by atoms with van der Waals surface area (Å²) in [6.07, 6.45) is 7.41. The van der Waals surface area contributed by atoms with Gasteiger partial charge in [-0.25, -0.2) is 0 Å². The zero-order valence-electron chi connectivity index (χ0n) is 39.7. The Morgan fingerprint density at radius 1 is 1.03 bits per heavy atom. The summed E-state index contributed by atoms with van der Waals surface area (Å²) >= 11 is 0. The molecule has 62 heavy (non-hydrogen) atoms. The second kappa shape index (κ2) is 45.3. The van der Waals surface area contributed by atoms with Gasteiger partial charge in [0.25, 0.3) is 0 Å². The third kappa shape index (κ3) is 32.1. The summed E-state index contributed by atoms with van der Waals surface area (Å²) in [7, 11) is 13.8. The number of hydrogen-bond acceptors (Lipinski definition) is 13. The number of unbranched alkanes of at least 4 members (excludes halogenated alkanes) is 1. The van der Waals surface area contributed by atoms with E-state index in [4.69, 9.17) is 41.7 Å². The number of rotatable bonds is 15. The van der Waals surface area contributed by atoms with Crippen LogP contribution in [0.15, 0.2) is 48.7 Å². The minimum absolute atomic E-state index is 0. The number of carbonyl (C=O) groups is 5. The Morgan fingerprint density at radius 2 is 1.60 bits per heavy atom. The number of hydrogen-bond donors (Lipinski definition) is 4. The summed E-state index contributed by atoms with van der Waals surface area (Å²) < 4.78 is 15.9. The van der Waals surface area contributed by atoms with Gasteiger partial charge in [0.1, 0.15) is 5.75 Å². The van der Waals surface area contributed by atoms with Crippen molar-refractivity contribution in [2.45, 2.75) is 99.2 Å². The number of amides is 1. The van der Waals surface area contributed by atoms with Crippen LogP contribution >= 0.6 is 0 Å². The minimum atomic E-state index is -0.205. The number of ether oxygens (including phenoxy) is 3. The molecule has 348 valence electrons. The summed E-state index contributed by atoms with van der Waals surface area (Å²) in [4.78, 5) is 55.2. The zero-order chi connectivity index (χ0) is 47.6. The van der Waals surface area contributed by atoms with Gasteiger partial charge in [0, 0.05) is 54.9 Å². The van der Waals surface area contributed by atoms with Gasteiger partial charge in [-0.05, 0) is 95.2 Å². The molecular formula is C45H76BN6O9U-. The first-order valence-electron chi connectivity index (χ1n) is 20.4. The van der Waals surface area contributed by atoms with E-state index in [0.717, 1.165) is 72.2 Å². The summed E-state index contributed by atoms with van der Waals surface area (Å²) in [5.41, 5.74) is 6.55. The predicted octanol–water partition coefficient (Wildman–Crippen LogP) is 5.91. The van der Waals surface area contributed by atoms with Crippen LogP contribution in [0.1, 0.15) is 97.0 Å². The summed E-state index contributed by atoms with van der Waals surface area (Å²) in [5, 5.41) is 18.5. The third-order valence-electron chi connectivity index (χ3n) is 8.12. The van der Waals surface area contributed by atoms with E-state index in [1.54, 1.807) is 33.5 Å². The number of fused-ring (bicyclic) bond motifs is 1. The van der Waals surface area contributed by atoms with Crippen molar-refractivity contribution < 1.29 is 74.4 Å². The number of aromatic nitrogens is 1. The average Bonchev–Trinajstić information content (AvgIpc) is 3.63. The van der Waals surface area contributed by atoms with Crippen LogP contribution in [0.5, 0.6) is 17.2 Å². The van der Waals surface area contributed by atoms with Crippen molar-refractivity contribution >= 4 is 49.9 Å². The van der Waals surface area contributed by atoms with E-state index in [2.05, 4.69) is 38.4 Å². The largest absolute Gasteiger partial charge is 0.661 e. The van der Waals surface area contributed by atoms with Crippen molar-refractivity contribution in [3.63, 3.8) is 0 Å². The van der Waals surface area contributed by atoms with Gasteiger partial charge < -0.3 is 40.9 Å². The molecule has 0 bridgehead atoms. The standard InChI is InChI=1S/C14H15NO2.C10H14NO2.C9H18N2O.C4H10O.C3H8BN.C2H2O2.C2H6.CH3NO.U/c1-2-3-8-17-12-4-5-14-13(9-12)11(10-16)6-7-15-14;1-11-7-8-4-5-9(12-2)10(6-8)13-3;1-9(8(12)7-10-2)5-4-6-11(9)3;1-4(2)3-5;1-3(2)5-4;3-1-2-4;1-2;2-1-3;/h4-7,9-10H,2-3,8H2,1H3;4-6H,7H2,1-3H3;10H,4-7H2,1-3H3;4-5H,3H2,1-2H3;3,5H,1-2H3;1-2H;1-2H3;1H,(H2,2,3);/q;-1;;;;;;;/t;;9-;;;;;;/m..1....../s1. The van der Waals surface area contributed by atoms with Gasteiger partial charge >= 0.3 is 0 Å². The van der Waals surface area contributed by atoms with Crippen LogP contribution in [0.3, 0.4) is 0 Å². The van der Waals surface area contributed by atoms with Crippen LogP contribution in [-0.2, 0) is 25.7 Å². The Kier molecular flexibility index (Phi) is 49.3. The maximum Gasteiger partial charge on any atom is 0.204 e. The van der Waals surface area contributed by atoms with Crippen LogP contribution in [0, 0.1) is 37.0 Å². The molecular weight excluding hydrogens is 1020 g/mol. The molecule has 0 saturated carbocycles. The first-order chi connectivity index (χ1) is 29.1. The Hall–Kier alpha value is -3.68. The van der Waals surface area contributed by atoms with E-state index in [1.165, 1.54) is 0 Å². The minimum Gasteiger partial charge on any atom is -0.661 e. The molecule has 2 heterocycles. The monoisotopic (exact) mass is 1090 g/mol. The van der Waals surface area contributed by atoms with Gasteiger partial charge in [-0.15, -0.1) is 6.54 Å². The van der Waals surface area contributed by atoms with E-state index in [-0.39, 0.29) is 55.6 Å². The SMILES string of the molecule is CC.CC(C)CO.CCCCOc1ccc2nccc(C=O)c2c1.CNCC(=O)[C@@]1(C)CCCN1C.C[N-]Cc1ccc(OC)c(OC)c1.NC=O.O=CC=O.[B]NC(C)C.[U]. The Balaban J connectivity index is -0.000000218. The number of nitrogens with one attached hydrogen (secondary N) is 2. The third-order valence-corrected chi connectivity index (χ3v) is 8.12. The number of aliphatic hydroxyl groups is 1. The molecule has 17 heteroatoms. The molecule has 1 aromatic heterocycles. The Morgan fingerprint density at radius 3 is 2.00 bits per heavy atom. The number of primary amides is 1. The van der Waals surface area contributed by atoms with E-state index < -0.39 is 0 Å². The number of aldehydes is 3. The second-order valence-corrected chi connectivity index (χ2v) is 13.6. The second-order valence-electron chi connectivity index (χ2n) is 13.6. The van der Waals surface area contributed by atoms with Gasteiger partial charge in [0.05, 0.1) is 38.4 Å². The fraction of sp³-hybridized carbons (Fsp3) is 0.556. The number of carbonyl (C=O) groups excluding carboxylic acids is 5. The number of Topliss-reactive ketones (excluding diaryl/α,β-unsaturated/α-hetero) is 1. The molecule has 2 radical (unpaired) electrons. The Labute approximate surface area is 397 Å². The van der Waals surface area contributed by atoms with Crippen molar-refractivity contribution in [3.8, 4) is 17.2 Å². The number of aliphatic hydroxyl groups excluding tert-OH is 1. The smallest absolute Gasteiger partial charge is 0.204 e. The van der Waals surface area contributed by atoms with Crippen molar-refractivity contribution in [1.82, 2.24) is 20.4 Å². The molecule has 0 aliphatic carbocycles. The van der Waals surface area contributed by atoms with Crippen LogP contribution in [-0.4, -0.2) is 127 Å². The molecule has 1 amide bonds. The number of methoxy groups -OCH3 is 2. The molecule has 1 fully saturated rings. The van der Waals surface area contributed by atoms with E-state index >= 15 is 0 Å². The molecule has 1 atom stereocenters. The molecule has 2 aromatic carbocycles. The van der Waals surface area contributed by atoms with Gasteiger partial charge in [0.2, 0.25) is 6.41 Å². The fourth-order valence-corrected chi connectivity index (χ4v) is 4.64. The van der Waals surface area contributed by atoms with Crippen molar-refractivity contribution in [2.75, 3.05) is 61.7 Å². The maximum atomic E-state index is 11.7. The number of likely N-dealkylation sites (tertiary alicyclic amines) is 1. The van der Waals surface area contributed by atoms with Crippen LogP contribution in [0.2, 0.25) is 0 Å². The van der Waals surface area contributed by atoms with Crippen LogP contribution < -0.4 is 30.5 Å². The maximum absolute atomic E-state index is 11.7. The first-order valence-corrected chi connectivity index (χ1v) is 20.4. The topological polar surface area (TPSA) is 214 Å². The van der Waals surface area contributed by atoms with E-state index in [0.29, 0.717) is 49.6 Å². The zero-order valence-corrected chi connectivity index (χ0v) is 43.8. The Bertz CT molecular complexity index is 1560. The van der Waals surface area contributed by atoms with E-state index in [9.17, 15) is 9.59 Å². The number of nitrogens with zero attached hydrogens (tertiary/aromatic N) is 3. The molecule has 3 aromatic rings. The van der Waals surface area contributed by atoms with Gasteiger partial charge in [-0.2, -0.15) is 7.05 Å². The predicted molar refractivity (Wildman–Crippen MR) is 249 cm³/mol. The average molecular weight is 1090 g/mol. The molecule has 5 N–H and O–H groups in total. The van der Waals surface area contributed by atoms with Crippen LogP contribution in [0.4, 0.5) is 0 Å². The molecule has 0 unspecified atom stereocenters. The molecule has 0 spiro atoms. The quantitative estimate of drug-likeness (QED) is 0.0605. The number of benzene rings is 2. The van der Waals surface area contributed by atoms with Crippen molar-refractivity contribution in [1.29, 1.82) is 0 Å². The van der Waals surface area contributed by atoms with Gasteiger partial charge in [0.15, 0.2) is 44.1 Å². The normalized spacial score (nSPS) is 13.0. The number of nitrogens with two attached hydrogens (primary N) is 1. The molecule has 1 saturated heterocycles. The van der Waals surface area contributed by atoms with Gasteiger partial charge in [-0.1, -0.05) is 66.5 Å². The molecule has 4 rings (SSSR count). The number of likely N-dealkylation sites (N-methyl/N-ethyl adjacent to an activating group) is 2. The summed E-state index contributed by atoms with van der Waals surface area (Å²) in [5.74, 6) is 3.05. The van der Waals surface area contributed by atoms with Crippen LogP contribution in [0.25, 0.3) is 16.2 Å². The van der Waals surface area contributed by atoms with Crippen molar-refractivity contribution in [2.24, 2.45) is 11.7 Å². The molecule has 1 aliphatic rings.